The molecule has 0 spiro atoms. The van der Waals surface area contributed by atoms with E-state index in [-0.39, 0.29) is 19.2 Å². The second kappa shape index (κ2) is 18.1. The monoisotopic (exact) mass is 615 g/mol. The summed E-state index contributed by atoms with van der Waals surface area (Å²) in [4.78, 5) is 32.4. The van der Waals surface area contributed by atoms with Gasteiger partial charge in [-0.3, -0.25) is 4.79 Å². The van der Waals surface area contributed by atoms with Crippen LogP contribution in [0.2, 0.25) is 0 Å². The van der Waals surface area contributed by atoms with Gasteiger partial charge < -0.3 is 14.2 Å². The second-order valence-corrected chi connectivity index (χ2v) is 12.0. The highest BCUT2D eigenvalue weighted by atomic mass is 32.1. The molecule has 2 aromatic heterocycles. The molecule has 2 heterocycles. The largest absolute Gasteiger partial charge is 0.459 e. The molecule has 7 nitrogen and oxygen atoms in total. The third-order valence-electron chi connectivity index (χ3n) is 7.81. The summed E-state index contributed by atoms with van der Waals surface area (Å²) in [6.45, 7) is 4.34. The van der Waals surface area contributed by atoms with Crippen LogP contribution in [0.5, 0.6) is 0 Å². The molecule has 0 aliphatic carbocycles. The summed E-state index contributed by atoms with van der Waals surface area (Å²) in [5.41, 5.74) is 3.77. The average Bonchev–Trinajstić information content (AvgIpc) is 3.76. The molecule has 0 aliphatic heterocycles. The van der Waals surface area contributed by atoms with Gasteiger partial charge in [0.05, 0.1) is 12.6 Å². The number of hydrogen-bond donors (Lipinski definition) is 0. The van der Waals surface area contributed by atoms with Crippen LogP contribution in [-0.4, -0.2) is 33.5 Å². The van der Waals surface area contributed by atoms with Gasteiger partial charge in [0.15, 0.2) is 5.82 Å². The van der Waals surface area contributed by atoms with Gasteiger partial charge in [0.2, 0.25) is 0 Å². The summed E-state index contributed by atoms with van der Waals surface area (Å²) < 4.78 is 10.7. The predicted molar refractivity (Wildman–Crippen MR) is 175 cm³/mol. The van der Waals surface area contributed by atoms with Crippen LogP contribution in [0.4, 0.5) is 0 Å². The van der Waals surface area contributed by atoms with E-state index in [4.69, 9.17) is 9.26 Å². The average molecular weight is 616 g/mol. The molecule has 0 radical (unpaired) electrons. The SMILES string of the molecule is CCCCCCCCCCCc1noc(-c2ccc(CN(C(=O)C(=O)OCC)C(Cc3ccccc3)c3ccsc3)cc2)n1. The summed E-state index contributed by atoms with van der Waals surface area (Å²) in [5.74, 6) is -0.274. The first-order valence-electron chi connectivity index (χ1n) is 16.0. The topological polar surface area (TPSA) is 85.5 Å². The molecule has 0 N–H and O–H groups in total. The maximum atomic E-state index is 13.5. The number of amides is 1. The Balaban J connectivity index is 1.40. The highest BCUT2D eigenvalue weighted by Crippen LogP contribution is 2.30. The van der Waals surface area contributed by atoms with Crippen LogP contribution in [0.15, 0.2) is 75.9 Å². The van der Waals surface area contributed by atoms with Gasteiger partial charge in [-0.25, -0.2) is 4.79 Å². The summed E-state index contributed by atoms with van der Waals surface area (Å²) in [5, 5.41) is 8.21. The van der Waals surface area contributed by atoms with Crippen LogP contribution in [0, 0.1) is 0 Å². The third kappa shape index (κ3) is 10.2. The molecule has 0 saturated carbocycles. The van der Waals surface area contributed by atoms with Crippen LogP contribution in [-0.2, 0) is 33.7 Å². The van der Waals surface area contributed by atoms with Gasteiger partial charge in [0.1, 0.15) is 0 Å². The predicted octanol–water partition coefficient (Wildman–Crippen LogP) is 8.75. The third-order valence-corrected chi connectivity index (χ3v) is 8.51. The molecule has 4 rings (SSSR count). The molecule has 1 unspecified atom stereocenters. The summed E-state index contributed by atoms with van der Waals surface area (Å²) >= 11 is 1.57. The molecule has 0 aliphatic rings. The fourth-order valence-corrected chi connectivity index (χ4v) is 6.07. The van der Waals surface area contributed by atoms with Gasteiger partial charge in [-0.2, -0.15) is 16.3 Å². The van der Waals surface area contributed by atoms with Crippen molar-refractivity contribution in [2.45, 2.75) is 97.1 Å². The highest BCUT2D eigenvalue weighted by Gasteiger charge is 2.31. The summed E-state index contributed by atoms with van der Waals surface area (Å²) in [6, 6.07) is 19.4. The van der Waals surface area contributed by atoms with E-state index in [2.05, 4.69) is 17.1 Å². The van der Waals surface area contributed by atoms with E-state index >= 15 is 0 Å². The molecule has 1 atom stereocenters. The highest BCUT2D eigenvalue weighted by molar-refractivity contribution is 7.08. The van der Waals surface area contributed by atoms with Crippen molar-refractivity contribution in [2.75, 3.05) is 6.61 Å². The van der Waals surface area contributed by atoms with Crippen molar-refractivity contribution in [1.82, 2.24) is 15.0 Å². The van der Waals surface area contributed by atoms with Crippen LogP contribution < -0.4 is 0 Å². The molecule has 44 heavy (non-hydrogen) atoms. The standard InChI is InChI=1S/C36H45N3O4S/c1-3-5-6-7-8-9-10-11-15-18-33-37-34(43-38-33)30-21-19-29(20-22-30)26-39(35(40)36(41)42-4-2)32(31-23-24-44-27-31)25-28-16-13-12-14-17-28/h12-14,16-17,19-24,27,32H,3-11,15,18,25-26H2,1-2H3. The lowest BCUT2D eigenvalue weighted by molar-refractivity contribution is -0.161. The van der Waals surface area contributed by atoms with E-state index in [1.165, 1.54) is 51.4 Å². The van der Waals surface area contributed by atoms with Crippen molar-refractivity contribution in [1.29, 1.82) is 0 Å². The lowest BCUT2D eigenvalue weighted by Crippen LogP contribution is -2.40. The van der Waals surface area contributed by atoms with E-state index in [1.807, 2.05) is 71.4 Å². The zero-order valence-electron chi connectivity index (χ0n) is 26.1. The van der Waals surface area contributed by atoms with Crippen molar-refractivity contribution >= 4 is 23.2 Å². The number of rotatable bonds is 18. The van der Waals surface area contributed by atoms with E-state index in [0.717, 1.165) is 40.9 Å². The minimum atomic E-state index is -0.845. The number of carbonyl (C=O) groups is 2. The molecule has 0 saturated heterocycles. The number of ether oxygens (including phenoxy) is 1. The molecule has 0 bridgehead atoms. The van der Waals surface area contributed by atoms with E-state index in [0.29, 0.717) is 12.3 Å². The minimum Gasteiger partial charge on any atom is -0.459 e. The van der Waals surface area contributed by atoms with Crippen molar-refractivity contribution in [2.24, 2.45) is 0 Å². The Bertz CT molecular complexity index is 1390. The first-order chi connectivity index (χ1) is 21.6. The lowest BCUT2D eigenvalue weighted by Gasteiger charge is -2.31. The summed E-state index contributed by atoms with van der Waals surface area (Å²) in [7, 11) is 0. The number of hydrogen-bond acceptors (Lipinski definition) is 7. The van der Waals surface area contributed by atoms with E-state index < -0.39 is 11.9 Å². The van der Waals surface area contributed by atoms with Crippen molar-refractivity contribution < 1.29 is 18.8 Å². The van der Waals surface area contributed by atoms with E-state index in [1.54, 1.807) is 23.2 Å². The van der Waals surface area contributed by atoms with Gasteiger partial charge in [-0.15, -0.1) is 0 Å². The Labute approximate surface area is 265 Å². The van der Waals surface area contributed by atoms with Crippen LogP contribution in [0.25, 0.3) is 11.5 Å². The van der Waals surface area contributed by atoms with Gasteiger partial charge in [-0.05, 0) is 65.4 Å². The minimum absolute atomic E-state index is 0.139. The Morgan fingerprint density at radius 2 is 1.57 bits per heavy atom. The number of benzene rings is 2. The molecular weight excluding hydrogens is 570 g/mol. The van der Waals surface area contributed by atoms with Gasteiger partial charge in [0.25, 0.3) is 5.89 Å². The molecule has 8 heteroatoms. The number of carbonyl (C=O) groups excluding carboxylic acids is 2. The number of aryl methyl sites for hydroxylation is 1. The normalized spacial score (nSPS) is 11.8. The van der Waals surface area contributed by atoms with E-state index in [9.17, 15) is 9.59 Å². The first-order valence-corrected chi connectivity index (χ1v) is 17.0. The molecule has 4 aromatic rings. The lowest BCUT2D eigenvalue weighted by atomic mass is 9.98. The molecule has 0 fully saturated rings. The van der Waals surface area contributed by atoms with Gasteiger partial charge >= 0.3 is 11.9 Å². The Morgan fingerprint density at radius 3 is 2.23 bits per heavy atom. The van der Waals surface area contributed by atoms with Crippen molar-refractivity contribution in [3.05, 3.63) is 93.9 Å². The zero-order valence-corrected chi connectivity index (χ0v) is 26.9. The number of unbranched alkanes of at least 4 members (excludes halogenated alkanes) is 8. The quantitative estimate of drug-likeness (QED) is 0.0632. The molecule has 1 amide bonds. The summed E-state index contributed by atoms with van der Waals surface area (Å²) in [6.07, 6.45) is 12.9. The Hall–Kier alpha value is -3.78. The number of nitrogens with zero attached hydrogens (tertiary/aromatic N) is 3. The Morgan fingerprint density at radius 1 is 0.864 bits per heavy atom. The smallest absolute Gasteiger partial charge is 0.397 e. The number of thiophene rings is 1. The van der Waals surface area contributed by atoms with Crippen LogP contribution in [0.1, 0.15) is 100 Å². The Kier molecular flexibility index (Phi) is 13.6. The van der Waals surface area contributed by atoms with Gasteiger partial charge in [0, 0.05) is 18.5 Å². The van der Waals surface area contributed by atoms with Crippen molar-refractivity contribution in [3.8, 4) is 11.5 Å². The fourth-order valence-electron chi connectivity index (χ4n) is 5.36. The van der Waals surface area contributed by atoms with Crippen LogP contribution >= 0.6 is 11.3 Å². The second-order valence-electron chi connectivity index (χ2n) is 11.2. The maximum Gasteiger partial charge on any atom is 0.397 e. The maximum absolute atomic E-state index is 13.5. The van der Waals surface area contributed by atoms with Crippen molar-refractivity contribution in [3.63, 3.8) is 0 Å². The molecule has 234 valence electrons. The van der Waals surface area contributed by atoms with Gasteiger partial charge in [-0.1, -0.05) is 106 Å². The number of aromatic nitrogens is 2. The molecular formula is C36H45N3O4S. The molecule has 2 aromatic carbocycles. The number of esters is 1. The van der Waals surface area contributed by atoms with Crippen LogP contribution in [0.3, 0.4) is 0 Å². The fraction of sp³-hybridized carbons (Fsp3) is 0.444. The first kappa shape index (κ1) is 33.1. The zero-order chi connectivity index (χ0) is 31.0.